The number of carbonyl (C=O) groups excluding carboxylic acids is 4. The number of carbonyl (C=O) groups is 6. The maximum absolute atomic E-state index is 13.2. The first-order chi connectivity index (χ1) is 30.0. The Kier molecular flexibility index (Phi) is 17.2. The first kappa shape index (κ1) is 48.2. The maximum atomic E-state index is 13.2. The number of benzene rings is 1. The van der Waals surface area contributed by atoms with E-state index in [0.29, 0.717) is 26.2 Å². The number of fused-ring (bicyclic) bond motifs is 1. The molecule has 0 spiro atoms. The number of ether oxygens (including phenoxy) is 4. The Morgan fingerprint density at radius 1 is 0.762 bits per heavy atom. The van der Waals surface area contributed by atoms with E-state index < -0.39 is 89.5 Å². The van der Waals surface area contributed by atoms with E-state index in [0.717, 1.165) is 18.4 Å². The second-order valence-corrected chi connectivity index (χ2v) is 15.0. The highest BCUT2D eigenvalue weighted by Gasteiger charge is 2.49. The minimum absolute atomic E-state index is 0.0436. The number of aliphatic carboxylic acids is 2. The summed E-state index contributed by atoms with van der Waals surface area (Å²) in [5.41, 5.74) is 0. The number of hydrogen-bond acceptors (Lipinski definition) is 20. The Labute approximate surface area is 359 Å². The molecule has 0 bridgehead atoms. The molecule has 2 fully saturated rings. The van der Waals surface area contributed by atoms with Gasteiger partial charge in [0.2, 0.25) is 12.2 Å². The van der Waals surface area contributed by atoms with E-state index >= 15 is 0 Å². The summed E-state index contributed by atoms with van der Waals surface area (Å²) in [6.07, 6.45) is -8.39. The predicted molar refractivity (Wildman–Crippen MR) is 211 cm³/mol. The van der Waals surface area contributed by atoms with Crippen molar-refractivity contribution in [3.63, 3.8) is 0 Å². The van der Waals surface area contributed by atoms with Crippen LogP contribution in [0.15, 0.2) is 59.6 Å². The number of amides is 2. The van der Waals surface area contributed by atoms with E-state index in [1.807, 2.05) is 4.90 Å². The van der Waals surface area contributed by atoms with Crippen molar-refractivity contribution < 1.29 is 88.6 Å². The number of rotatable bonds is 16. The van der Waals surface area contributed by atoms with Crippen LogP contribution >= 0.6 is 0 Å². The largest absolute Gasteiger partial charge is 0.508 e. The van der Waals surface area contributed by atoms with Crippen molar-refractivity contribution in [3.05, 3.63) is 59.6 Å². The lowest BCUT2D eigenvalue weighted by atomic mass is 9.88. The van der Waals surface area contributed by atoms with Gasteiger partial charge in [0.15, 0.2) is 29.2 Å². The molecule has 3 aliphatic heterocycles. The molecule has 7 atom stereocenters. The summed E-state index contributed by atoms with van der Waals surface area (Å²) in [5.74, 6) is -8.27. The third-order valence-corrected chi connectivity index (χ3v) is 10.5. The number of nitrogens with one attached hydrogen (secondary N) is 2. The van der Waals surface area contributed by atoms with Crippen molar-refractivity contribution in [2.24, 2.45) is 5.92 Å². The molecule has 63 heavy (non-hydrogen) atoms. The third-order valence-electron chi connectivity index (χ3n) is 10.5. The van der Waals surface area contributed by atoms with E-state index in [-0.39, 0.29) is 82.9 Å². The molecule has 1 aromatic rings. The van der Waals surface area contributed by atoms with Gasteiger partial charge < -0.3 is 75.2 Å². The number of aliphatic hydroxyl groups excluding tert-OH is 5. The maximum Gasteiger partial charge on any atom is 0.317 e. The van der Waals surface area contributed by atoms with E-state index in [4.69, 9.17) is 18.9 Å². The van der Waals surface area contributed by atoms with Crippen molar-refractivity contribution in [3.8, 4) is 11.5 Å². The highest BCUT2D eigenvalue weighted by atomic mass is 16.7. The van der Waals surface area contributed by atoms with E-state index in [1.165, 1.54) is 24.3 Å². The van der Waals surface area contributed by atoms with Gasteiger partial charge in [-0.1, -0.05) is 0 Å². The first-order valence-electron chi connectivity index (χ1n) is 19.9. The van der Waals surface area contributed by atoms with Crippen LogP contribution in [0.5, 0.6) is 11.5 Å². The molecule has 2 saturated heterocycles. The van der Waals surface area contributed by atoms with Gasteiger partial charge in [-0.15, -0.1) is 0 Å². The summed E-state index contributed by atoms with van der Waals surface area (Å²) < 4.78 is 22.3. The molecule has 346 valence electrons. The highest BCUT2D eigenvalue weighted by Crippen LogP contribution is 2.37. The number of phenols is 1. The molecule has 10 N–H and O–H groups in total. The van der Waals surface area contributed by atoms with Crippen molar-refractivity contribution in [1.82, 2.24) is 30.2 Å². The summed E-state index contributed by atoms with van der Waals surface area (Å²) >= 11 is 0. The SMILES string of the molecule is O=CCN1CCN(CC(=O)O)CCN(CC(=O)NCCNC(=O)[C@H]2OC(OC3=CC4OC(Oc5ccc(O)cc5)=CC(=O)C4C(O)=C3O)[C@H](O)[C@@H](O)C2O)CCN(CC(=O)O)CC1. The molecule has 5 rings (SSSR count). The number of carboxylic acids is 2. The number of aldehydes is 1. The topological polar surface area (TPSA) is 338 Å². The molecule has 0 radical (unpaired) electrons. The Balaban J connectivity index is 1.15. The van der Waals surface area contributed by atoms with Crippen LogP contribution in [0.1, 0.15) is 0 Å². The van der Waals surface area contributed by atoms with Crippen LogP contribution in [-0.4, -0.2) is 225 Å². The molecule has 0 saturated carbocycles. The van der Waals surface area contributed by atoms with Gasteiger partial charge in [-0.3, -0.25) is 43.6 Å². The fourth-order valence-corrected chi connectivity index (χ4v) is 7.06. The molecule has 3 heterocycles. The summed E-state index contributed by atoms with van der Waals surface area (Å²) in [6.45, 7) is 1.33. The van der Waals surface area contributed by atoms with Crippen LogP contribution in [-0.2, 0) is 43.0 Å². The molecule has 24 nitrogen and oxygen atoms in total. The van der Waals surface area contributed by atoms with Crippen LogP contribution < -0.4 is 15.4 Å². The minimum atomic E-state index is -2.02. The Morgan fingerprint density at radius 2 is 1.32 bits per heavy atom. The van der Waals surface area contributed by atoms with Crippen LogP contribution in [0.4, 0.5) is 0 Å². The van der Waals surface area contributed by atoms with E-state index in [1.54, 1.807) is 14.7 Å². The average molecular weight is 893 g/mol. The Morgan fingerprint density at radius 3 is 1.89 bits per heavy atom. The smallest absolute Gasteiger partial charge is 0.317 e. The number of aromatic hydroxyl groups is 1. The fraction of sp³-hybridized carbons (Fsp3) is 0.538. The van der Waals surface area contributed by atoms with Gasteiger partial charge in [-0.2, -0.15) is 0 Å². The number of hydrogen-bond donors (Lipinski definition) is 10. The van der Waals surface area contributed by atoms with Gasteiger partial charge in [0, 0.05) is 71.5 Å². The Bertz CT molecular complexity index is 1880. The van der Waals surface area contributed by atoms with Gasteiger partial charge >= 0.3 is 11.9 Å². The zero-order valence-electron chi connectivity index (χ0n) is 33.9. The molecule has 4 unspecified atom stereocenters. The summed E-state index contributed by atoms with van der Waals surface area (Å²) in [7, 11) is 0. The number of carboxylic acid groups (broad SMARTS) is 2. The van der Waals surface area contributed by atoms with Gasteiger partial charge in [0.05, 0.1) is 32.3 Å². The number of ketones is 1. The summed E-state index contributed by atoms with van der Waals surface area (Å²) in [6, 6.07) is 5.45. The molecule has 1 aliphatic carbocycles. The molecular formula is C39H52N6O18. The van der Waals surface area contributed by atoms with Crippen molar-refractivity contribution in [1.29, 1.82) is 0 Å². The molecule has 2 amide bonds. The second kappa shape index (κ2) is 22.5. The highest BCUT2D eigenvalue weighted by molar-refractivity contribution is 5.95. The standard InChI is InChI=1S/C39H52N6O18/c46-16-15-42-7-9-44(20-28(50)51)13-11-43(12-14-45(10-8-42)21-29(52)53)19-27(49)40-5-6-41-38(59)37-35(57)34(56)36(58)39(63-37)62-26-18-25-31(33(55)32(26)54)24(48)17-30(61-25)60-23-3-1-22(47)2-4-23/h1-4,16-18,25,31,34-37,39,47,54-58H,5-15,19-21H2,(H,40,49)(H,41,59)(H,50,51)(H,52,53)/t25?,31?,34-,35?,36+,37-,39?/m0/s1. The van der Waals surface area contributed by atoms with Gasteiger partial charge in [0.25, 0.3) is 11.9 Å². The number of nitrogens with zero attached hydrogens (tertiary/aromatic N) is 4. The quantitative estimate of drug-likeness (QED) is 0.0560. The minimum Gasteiger partial charge on any atom is -0.508 e. The van der Waals surface area contributed by atoms with Gasteiger partial charge in [0.1, 0.15) is 48.1 Å². The average Bonchev–Trinajstić information content (AvgIpc) is 3.22. The van der Waals surface area contributed by atoms with Crippen LogP contribution in [0.2, 0.25) is 0 Å². The van der Waals surface area contributed by atoms with Gasteiger partial charge in [-0.25, -0.2) is 0 Å². The van der Waals surface area contributed by atoms with E-state index in [9.17, 15) is 69.6 Å². The molecule has 1 aromatic carbocycles. The van der Waals surface area contributed by atoms with Crippen LogP contribution in [0.25, 0.3) is 0 Å². The van der Waals surface area contributed by atoms with Crippen molar-refractivity contribution >= 4 is 35.8 Å². The lowest BCUT2D eigenvalue weighted by Gasteiger charge is -2.40. The summed E-state index contributed by atoms with van der Waals surface area (Å²) in [5, 5.41) is 86.9. The third kappa shape index (κ3) is 13.6. The number of phenolic OH excluding ortho intramolecular Hbond substituents is 1. The van der Waals surface area contributed by atoms with Crippen LogP contribution in [0.3, 0.4) is 0 Å². The lowest BCUT2D eigenvalue weighted by Crippen LogP contribution is -2.62. The van der Waals surface area contributed by atoms with Crippen molar-refractivity contribution in [2.75, 3.05) is 91.6 Å². The van der Waals surface area contributed by atoms with E-state index in [2.05, 4.69) is 10.6 Å². The normalized spacial score (nSPS) is 27.0. The number of aliphatic hydroxyl groups is 5. The summed E-state index contributed by atoms with van der Waals surface area (Å²) in [4.78, 5) is 80.3. The van der Waals surface area contributed by atoms with Crippen molar-refractivity contribution in [2.45, 2.75) is 36.8 Å². The first-order valence-corrected chi connectivity index (χ1v) is 19.9. The Hall–Kier alpha value is -5.86. The molecule has 0 aromatic heterocycles. The van der Waals surface area contributed by atoms with Gasteiger partial charge in [-0.05, 0) is 24.3 Å². The second-order valence-electron chi connectivity index (χ2n) is 15.0. The fourth-order valence-electron chi connectivity index (χ4n) is 7.06. The van der Waals surface area contributed by atoms with Crippen LogP contribution in [0, 0.1) is 5.92 Å². The predicted octanol–water partition coefficient (Wildman–Crippen LogP) is -3.93. The molecular weight excluding hydrogens is 840 g/mol. The monoisotopic (exact) mass is 892 g/mol. The zero-order valence-corrected chi connectivity index (χ0v) is 33.9. The zero-order chi connectivity index (χ0) is 45.8. The lowest BCUT2D eigenvalue weighted by molar-refractivity contribution is -0.281. The number of allylic oxidation sites excluding steroid dienone is 1. The molecule has 4 aliphatic rings. The molecule has 24 heteroatoms.